The van der Waals surface area contributed by atoms with E-state index < -0.39 is 40.8 Å². The number of hydrogen-bond donors (Lipinski definition) is 1. The summed E-state index contributed by atoms with van der Waals surface area (Å²) in [5.41, 5.74) is 4.63. The van der Waals surface area contributed by atoms with E-state index in [1.165, 1.54) is 11.9 Å². The summed E-state index contributed by atoms with van der Waals surface area (Å²) >= 11 is 0. The van der Waals surface area contributed by atoms with E-state index in [-0.39, 0.29) is 31.0 Å². The molecule has 2 N–H and O–H groups in total. The second-order valence-electron chi connectivity index (χ2n) is 7.56. The topological polar surface area (TPSA) is 72.6 Å². The van der Waals surface area contributed by atoms with Crippen molar-refractivity contribution < 1.29 is 27.5 Å². The van der Waals surface area contributed by atoms with Crippen molar-refractivity contribution in [2.45, 2.75) is 52.2 Å². The third kappa shape index (κ3) is 6.53. The lowest BCUT2D eigenvalue weighted by Crippen LogP contribution is -2.44. The fourth-order valence-corrected chi connectivity index (χ4v) is 2.48. The van der Waals surface area contributed by atoms with E-state index in [0.717, 1.165) is 12.1 Å². The first-order chi connectivity index (χ1) is 12.4. The van der Waals surface area contributed by atoms with Crippen LogP contribution in [0.15, 0.2) is 12.1 Å². The van der Waals surface area contributed by atoms with Crippen LogP contribution in [0.1, 0.15) is 39.7 Å². The second kappa shape index (κ2) is 9.21. The van der Waals surface area contributed by atoms with Crippen LogP contribution in [0.2, 0.25) is 0 Å². The average molecular weight is 388 g/mol. The molecule has 0 aliphatic heterocycles. The second-order valence-corrected chi connectivity index (χ2v) is 7.56. The van der Waals surface area contributed by atoms with Gasteiger partial charge in [-0.05, 0) is 45.7 Å². The molecule has 0 saturated carbocycles. The molecule has 0 spiro atoms. The predicted molar refractivity (Wildman–Crippen MR) is 95.3 cm³/mol. The molecule has 0 bridgehead atoms. The molecule has 1 aromatic carbocycles. The molecule has 1 rings (SSSR count). The number of hydrogen-bond acceptors (Lipinski definition) is 4. The first-order valence-electron chi connectivity index (χ1n) is 8.68. The van der Waals surface area contributed by atoms with Crippen molar-refractivity contribution in [2.24, 2.45) is 11.7 Å². The van der Waals surface area contributed by atoms with Crippen molar-refractivity contribution in [1.82, 2.24) is 4.90 Å². The van der Waals surface area contributed by atoms with Gasteiger partial charge in [-0.2, -0.15) is 0 Å². The summed E-state index contributed by atoms with van der Waals surface area (Å²) in [6.07, 6.45) is -0.598. The summed E-state index contributed by atoms with van der Waals surface area (Å²) in [5, 5.41) is 0. The van der Waals surface area contributed by atoms with Crippen molar-refractivity contribution in [3.8, 4) is 0 Å². The number of halogens is 3. The van der Waals surface area contributed by atoms with Crippen LogP contribution in [-0.2, 0) is 20.7 Å². The zero-order valence-corrected chi connectivity index (χ0v) is 16.3. The van der Waals surface area contributed by atoms with Gasteiger partial charge in [-0.3, -0.25) is 9.59 Å². The molecule has 0 radical (unpaired) electrons. The highest BCUT2D eigenvalue weighted by molar-refractivity contribution is 5.84. The zero-order chi connectivity index (χ0) is 20.9. The van der Waals surface area contributed by atoms with Crippen LogP contribution < -0.4 is 5.73 Å². The molecule has 0 aromatic heterocycles. The van der Waals surface area contributed by atoms with Crippen LogP contribution in [0.3, 0.4) is 0 Å². The van der Waals surface area contributed by atoms with E-state index in [2.05, 4.69) is 0 Å². The van der Waals surface area contributed by atoms with Crippen LogP contribution in [-0.4, -0.2) is 42.0 Å². The van der Waals surface area contributed by atoms with E-state index in [0.29, 0.717) is 0 Å². The fraction of sp³-hybridized carbons (Fsp3) is 0.579. The van der Waals surface area contributed by atoms with Crippen molar-refractivity contribution >= 4 is 11.9 Å². The number of carbonyl (C=O) groups excluding carboxylic acids is 2. The molecule has 152 valence electrons. The van der Waals surface area contributed by atoms with Gasteiger partial charge in [0, 0.05) is 19.6 Å². The van der Waals surface area contributed by atoms with Gasteiger partial charge in [-0.15, -0.1) is 0 Å². The first-order valence-corrected chi connectivity index (χ1v) is 8.68. The standard InChI is InChI=1S/C19H27F3N2O3/c1-11(10-23)24(5)18(26)13(9-15(25)27-19(2,3)4)8-12-6-7-14(20)17(22)16(12)21/h6-7,11,13H,8-10,23H2,1-5H3/t11-,13+/m0/s1. The monoisotopic (exact) mass is 388 g/mol. The number of benzene rings is 1. The minimum atomic E-state index is -1.61. The lowest BCUT2D eigenvalue weighted by Gasteiger charge is -2.29. The Kier molecular flexibility index (Phi) is 7.83. The Morgan fingerprint density at radius 2 is 1.78 bits per heavy atom. The van der Waals surface area contributed by atoms with Gasteiger partial charge in [0.2, 0.25) is 5.91 Å². The largest absolute Gasteiger partial charge is 0.460 e. The molecule has 2 atom stereocenters. The maximum Gasteiger partial charge on any atom is 0.307 e. The zero-order valence-electron chi connectivity index (χ0n) is 16.3. The van der Waals surface area contributed by atoms with Gasteiger partial charge in [0.25, 0.3) is 0 Å². The van der Waals surface area contributed by atoms with E-state index in [1.54, 1.807) is 27.7 Å². The predicted octanol–water partition coefficient (Wildman–Crippen LogP) is 2.80. The highest BCUT2D eigenvalue weighted by Gasteiger charge is 2.30. The molecule has 0 unspecified atom stereocenters. The van der Waals surface area contributed by atoms with Gasteiger partial charge >= 0.3 is 5.97 Å². The molecule has 27 heavy (non-hydrogen) atoms. The quantitative estimate of drug-likeness (QED) is 0.576. The van der Waals surface area contributed by atoms with Crippen LogP contribution in [0.5, 0.6) is 0 Å². The van der Waals surface area contributed by atoms with Crippen LogP contribution in [0.4, 0.5) is 13.2 Å². The van der Waals surface area contributed by atoms with E-state index in [1.807, 2.05) is 0 Å². The van der Waals surface area contributed by atoms with Gasteiger partial charge in [-0.1, -0.05) is 6.07 Å². The Balaban J connectivity index is 3.12. The van der Waals surface area contributed by atoms with Gasteiger partial charge in [0.15, 0.2) is 17.5 Å². The van der Waals surface area contributed by atoms with Gasteiger partial charge in [0.05, 0.1) is 12.3 Å². The van der Waals surface area contributed by atoms with Crippen molar-refractivity contribution in [3.05, 3.63) is 35.1 Å². The third-order valence-corrected chi connectivity index (χ3v) is 4.11. The molecule has 0 aliphatic rings. The number of esters is 1. The molecule has 1 amide bonds. The fourth-order valence-electron chi connectivity index (χ4n) is 2.48. The van der Waals surface area contributed by atoms with E-state index in [4.69, 9.17) is 10.5 Å². The molecule has 5 nitrogen and oxygen atoms in total. The summed E-state index contributed by atoms with van der Waals surface area (Å²) in [6, 6.07) is 1.54. The summed E-state index contributed by atoms with van der Waals surface area (Å²) < 4.78 is 45.9. The van der Waals surface area contributed by atoms with Crippen LogP contribution in [0, 0.1) is 23.4 Å². The highest BCUT2D eigenvalue weighted by Crippen LogP contribution is 2.23. The lowest BCUT2D eigenvalue weighted by molar-refractivity contribution is -0.158. The van der Waals surface area contributed by atoms with Gasteiger partial charge in [0.1, 0.15) is 5.60 Å². The number of carbonyl (C=O) groups is 2. The Morgan fingerprint density at radius 3 is 2.30 bits per heavy atom. The number of nitrogens with two attached hydrogens (primary N) is 1. The molecular formula is C19H27F3N2O3. The number of amides is 1. The minimum Gasteiger partial charge on any atom is -0.460 e. The average Bonchev–Trinajstić information content (AvgIpc) is 2.57. The van der Waals surface area contributed by atoms with E-state index in [9.17, 15) is 22.8 Å². The normalized spacial score (nSPS) is 13.8. The minimum absolute atomic E-state index is 0.190. The molecule has 0 fully saturated rings. The molecular weight excluding hydrogens is 361 g/mol. The summed E-state index contributed by atoms with van der Waals surface area (Å²) in [6.45, 7) is 6.96. The van der Waals surface area contributed by atoms with E-state index >= 15 is 0 Å². The SMILES string of the molecule is C[C@@H](CN)N(C)C(=O)[C@@H](CC(=O)OC(C)(C)C)Cc1ccc(F)c(F)c1F. The Bertz CT molecular complexity index is 690. The number of likely N-dealkylation sites (N-methyl/N-ethyl adjacent to an activating group) is 1. The number of rotatable bonds is 7. The third-order valence-electron chi connectivity index (χ3n) is 4.11. The smallest absolute Gasteiger partial charge is 0.307 e. The molecule has 0 saturated heterocycles. The Hall–Kier alpha value is -2.09. The molecule has 8 heteroatoms. The molecule has 1 aromatic rings. The summed E-state index contributed by atoms with van der Waals surface area (Å²) in [4.78, 5) is 26.3. The van der Waals surface area contributed by atoms with Crippen LogP contribution in [0.25, 0.3) is 0 Å². The van der Waals surface area contributed by atoms with Crippen LogP contribution >= 0.6 is 0 Å². The Morgan fingerprint density at radius 1 is 1.19 bits per heavy atom. The lowest BCUT2D eigenvalue weighted by atomic mass is 9.93. The highest BCUT2D eigenvalue weighted by atomic mass is 19.2. The maximum atomic E-state index is 14.0. The van der Waals surface area contributed by atoms with Gasteiger partial charge in [-0.25, -0.2) is 13.2 Å². The van der Waals surface area contributed by atoms with Gasteiger partial charge < -0.3 is 15.4 Å². The Labute approximate surface area is 157 Å². The maximum absolute atomic E-state index is 14.0. The molecule has 0 aliphatic carbocycles. The van der Waals surface area contributed by atoms with Crippen molar-refractivity contribution in [1.29, 1.82) is 0 Å². The molecule has 0 heterocycles. The van der Waals surface area contributed by atoms with Crippen molar-refractivity contribution in [2.75, 3.05) is 13.6 Å². The van der Waals surface area contributed by atoms with Crippen molar-refractivity contribution in [3.63, 3.8) is 0 Å². The number of nitrogens with zero attached hydrogens (tertiary/aromatic N) is 1. The summed E-state index contributed by atoms with van der Waals surface area (Å²) in [5.74, 6) is -6.40. The summed E-state index contributed by atoms with van der Waals surface area (Å²) in [7, 11) is 1.52. The number of ether oxygens (including phenoxy) is 1. The first kappa shape index (κ1) is 23.0.